The van der Waals surface area contributed by atoms with Crippen LogP contribution in [-0.4, -0.2) is 12.0 Å². The summed E-state index contributed by atoms with van der Waals surface area (Å²) in [6.45, 7) is 2.04. The fourth-order valence-electron chi connectivity index (χ4n) is 1.95. The molecule has 0 aliphatic heterocycles. The van der Waals surface area contributed by atoms with E-state index in [1.54, 1.807) is 11.8 Å². The highest BCUT2D eigenvalue weighted by Gasteiger charge is 2.11. The Labute approximate surface area is 112 Å². The first-order valence-electron chi connectivity index (χ1n) is 5.93. The van der Waals surface area contributed by atoms with Gasteiger partial charge in [0.25, 0.3) is 0 Å². The van der Waals surface area contributed by atoms with Crippen LogP contribution in [0.3, 0.4) is 0 Å². The molecule has 0 saturated heterocycles. The largest absolute Gasteiger partial charge is 0.294 e. The molecule has 2 aromatic rings. The lowest BCUT2D eigenvalue weighted by molar-refractivity contribution is 0.0990. The number of carbonyl (C=O) groups excluding carboxylic acids is 1. The summed E-state index contributed by atoms with van der Waals surface area (Å²) in [5.41, 5.74) is 3.11. The van der Waals surface area contributed by atoms with E-state index in [2.05, 4.69) is 0 Å². The van der Waals surface area contributed by atoms with E-state index >= 15 is 0 Å². The van der Waals surface area contributed by atoms with Crippen LogP contribution in [0.5, 0.6) is 0 Å². The van der Waals surface area contributed by atoms with Crippen molar-refractivity contribution in [3.05, 3.63) is 65.2 Å². The van der Waals surface area contributed by atoms with Gasteiger partial charge in [0, 0.05) is 16.9 Å². The summed E-state index contributed by atoms with van der Waals surface area (Å²) in [4.78, 5) is 13.4. The lowest BCUT2D eigenvalue weighted by Crippen LogP contribution is -2.06. The lowest BCUT2D eigenvalue weighted by atomic mass is 9.99. The van der Waals surface area contributed by atoms with Gasteiger partial charge < -0.3 is 0 Å². The standard InChI is InChI=1S/C16H16OS/c1-12-7-3-4-8-13(12)11-15(17)14-9-5-6-10-16(14)18-2/h3-10H,11H2,1-2H3. The molecule has 0 spiro atoms. The molecule has 92 valence electrons. The molecule has 0 aliphatic carbocycles. The van der Waals surface area contributed by atoms with Crippen molar-refractivity contribution < 1.29 is 4.79 Å². The minimum Gasteiger partial charge on any atom is -0.294 e. The summed E-state index contributed by atoms with van der Waals surface area (Å²) >= 11 is 1.62. The van der Waals surface area contributed by atoms with E-state index in [1.165, 1.54) is 5.56 Å². The number of rotatable bonds is 4. The summed E-state index contributed by atoms with van der Waals surface area (Å²) in [5, 5.41) is 0. The molecule has 0 heterocycles. The molecule has 0 radical (unpaired) electrons. The first kappa shape index (κ1) is 12.9. The van der Waals surface area contributed by atoms with Gasteiger partial charge in [-0.1, -0.05) is 42.5 Å². The summed E-state index contributed by atoms with van der Waals surface area (Å²) < 4.78 is 0. The maximum Gasteiger partial charge on any atom is 0.168 e. The Morgan fingerprint density at radius 3 is 2.44 bits per heavy atom. The molecule has 2 rings (SSSR count). The summed E-state index contributed by atoms with van der Waals surface area (Å²) in [6, 6.07) is 15.8. The Morgan fingerprint density at radius 2 is 1.72 bits per heavy atom. The van der Waals surface area contributed by atoms with Crippen LogP contribution in [0.25, 0.3) is 0 Å². The van der Waals surface area contributed by atoms with Crippen molar-refractivity contribution in [1.82, 2.24) is 0 Å². The van der Waals surface area contributed by atoms with Gasteiger partial charge in [0.2, 0.25) is 0 Å². The minimum atomic E-state index is 0.189. The molecule has 1 nitrogen and oxygen atoms in total. The molecule has 0 aliphatic rings. The molecule has 2 heteroatoms. The molecule has 18 heavy (non-hydrogen) atoms. The van der Waals surface area contributed by atoms with E-state index in [-0.39, 0.29) is 5.78 Å². The van der Waals surface area contributed by atoms with Gasteiger partial charge in [-0.2, -0.15) is 0 Å². The molecule has 0 fully saturated rings. The number of hydrogen-bond acceptors (Lipinski definition) is 2. The van der Waals surface area contributed by atoms with Crippen molar-refractivity contribution in [2.24, 2.45) is 0 Å². The fourth-order valence-corrected chi connectivity index (χ4v) is 2.57. The minimum absolute atomic E-state index is 0.189. The van der Waals surface area contributed by atoms with Crippen LogP contribution in [0.15, 0.2) is 53.4 Å². The number of hydrogen-bond donors (Lipinski definition) is 0. The van der Waals surface area contributed by atoms with Gasteiger partial charge in [-0.25, -0.2) is 0 Å². The summed E-state index contributed by atoms with van der Waals surface area (Å²) in [7, 11) is 0. The second-order valence-electron chi connectivity index (χ2n) is 4.23. The summed E-state index contributed by atoms with van der Waals surface area (Å²) in [6.07, 6.45) is 2.48. The molecule has 0 saturated carbocycles. The Balaban J connectivity index is 2.25. The van der Waals surface area contributed by atoms with E-state index in [0.29, 0.717) is 6.42 Å². The maximum absolute atomic E-state index is 12.3. The van der Waals surface area contributed by atoms with Gasteiger partial charge in [0.15, 0.2) is 5.78 Å². The third-order valence-corrected chi connectivity index (χ3v) is 3.82. The number of ketones is 1. The fraction of sp³-hybridized carbons (Fsp3) is 0.188. The summed E-state index contributed by atoms with van der Waals surface area (Å²) in [5.74, 6) is 0.189. The van der Waals surface area contributed by atoms with Crippen molar-refractivity contribution in [1.29, 1.82) is 0 Å². The highest BCUT2D eigenvalue weighted by atomic mass is 32.2. The van der Waals surface area contributed by atoms with Gasteiger partial charge in [-0.05, 0) is 30.4 Å². The lowest BCUT2D eigenvalue weighted by Gasteiger charge is -2.08. The van der Waals surface area contributed by atoms with Crippen LogP contribution in [0.4, 0.5) is 0 Å². The number of carbonyl (C=O) groups is 1. The zero-order valence-corrected chi connectivity index (χ0v) is 11.5. The van der Waals surface area contributed by atoms with Crippen molar-refractivity contribution >= 4 is 17.5 Å². The Bertz CT molecular complexity index is 561. The normalized spacial score (nSPS) is 10.3. The van der Waals surface area contributed by atoms with Crippen LogP contribution in [0.1, 0.15) is 21.5 Å². The van der Waals surface area contributed by atoms with Crippen LogP contribution in [0, 0.1) is 6.92 Å². The van der Waals surface area contributed by atoms with Crippen molar-refractivity contribution in [3.63, 3.8) is 0 Å². The van der Waals surface area contributed by atoms with E-state index in [1.807, 2.05) is 61.7 Å². The quantitative estimate of drug-likeness (QED) is 0.604. The maximum atomic E-state index is 12.3. The molecule has 0 N–H and O–H groups in total. The van der Waals surface area contributed by atoms with Crippen LogP contribution >= 0.6 is 11.8 Å². The molecule has 0 aromatic heterocycles. The molecule has 0 bridgehead atoms. The Morgan fingerprint density at radius 1 is 1.06 bits per heavy atom. The number of benzene rings is 2. The number of Topliss-reactive ketones (excluding diaryl/α,β-unsaturated/α-hetero) is 1. The third-order valence-electron chi connectivity index (χ3n) is 3.02. The third kappa shape index (κ3) is 2.82. The molecule has 0 unspecified atom stereocenters. The van der Waals surface area contributed by atoms with E-state index in [4.69, 9.17) is 0 Å². The molecular weight excluding hydrogens is 240 g/mol. The van der Waals surface area contributed by atoms with Crippen molar-refractivity contribution in [2.75, 3.05) is 6.26 Å². The number of aryl methyl sites for hydroxylation is 1. The van der Waals surface area contributed by atoms with E-state index in [9.17, 15) is 4.79 Å². The SMILES string of the molecule is CSc1ccccc1C(=O)Cc1ccccc1C. The van der Waals surface area contributed by atoms with E-state index in [0.717, 1.165) is 16.0 Å². The smallest absolute Gasteiger partial charge is 0.168 e. The molecule has 2 aromatic carbocycles. The molecule has 0 atom stereocenters. The van der Waals surface area contributed by atoms with Crippen molar-refractivity contribution in [2.45, 2.75) is 18.2 Å². The predicted molar refractivity (Wildman–Crippen MR) is 77.4 cm³/mol. The highest BCUT2D eigenvalue weighted by Crippen LogP contribution is 2.22. The Hall–Kier alpha value is -1.54. The van der Waals surface area contributed by atoms with Crippen molar-refractivity contribution in [3.8, 4) is 0 Å². The molecule has 0 amide bonds. The zero-order valence-electron chi connectivity index (χ0n) is 10.6. The van der Waals surface area contributed by atoms with Gasteiger partial charge in [0.1, 0.15) is 0 Å². The second kappa shape index (κ2) is 5.87. The first-order valence-corrected chi connectivity index (χ1v) is 7.15. The monoisotopic (exact) mass is 256 g/mol. The first-order chi connectivity index (χ1) is 8.72. The van der Waals surface area contributed by atoms with Crippen LogP contribution in [-0.2, 0) is 6.42 Å². The van der Waals surface area contributed by atoms with Gasteiger partial charge >= 0.3 is 0 Å². The van der Waals surface area contributed by atoms with Gasteiger partial charge in [0.05, 0.1) is 0 Å². The molecular formula is C16H16OS. The van der Waals surface area contributed by atoms with Gasteiger partial charge in [-0.3, -0.25) is 4.79 Å². The zero-order chi connectivity index (χ0) is 13.0. The Kier molecular flexibility index (Phi) is 4.21. The highest BCUT2D eigenvalue weighted by molar-refractivity contribution is 7.98. The average Bonchev–Trinajstić information content (AvgIpc) is 2.41. The predicted octanol–water partition coefficient (Wildman–Crippen LogP) is 4.14. The van der Waals surface area contributed by atoms with Gasteiger partial charge in [-0.15, -0.1) is 11.8 Å². The topological polar surface area (TPSA) is 17.1 Å². The van der Waals surface area contributed by atoms with Crippen LogP contribution < -0.4 is 0 Å². The second-order valence-corrected chi connectivity index (χ2v) is 5.07. The average molecular weight is 256 g/mol. The van der Waals surface area contributed by atoms with Crippen LogP contribution in [0.2, 0.25) is 0 Å². The van der Waals surface area contributed by atoms with E-state index < -0.39 is 0 Å². The number of thioether (sulfide) groups is 1.